The first kappa shape index (κ1) is 31.1. The Morgan fingerprint density at radius 1 is 1.02 bits per heavy atom. The fourth-order valence-corrected chi connectivity index (χ4v) is 6.00. The van der Waals surface area contributed by atoms with E-state index in [9.17, 15) is 23.1 Å². The molecule has 2 aromatic heterocycles. The van der Waals surface area contributed by atoms with Gasteiger partial charge in [-0.15, -0.1) is 0 Å². The van der Waals surface area contributed by atoms with Crippen LogP contribution in [0.4, 0.5) is 13.2 Å². The number of aliphatic hydroxyl groups excluding tert-OH is 1. The molecule has 2 aliphatic rings. The molecule has 0 radical (unpaired) electrons. The van der Waals surface area contributed by atoms with Crippen molar-refractivity contribution in [3.8, 4) is 17.3 Å². The van der Waals surface area contributed by atoms with Crippen LogP contribution in [0, 0.1) is 0 Å². The van der Waals surface area contributed by atoms with E-state index in [1.54, 1.807) is 0 Å². The van der Waals surface area contributed by atoms with Crippen molar-refractivity contribution < 1.29 is 37.7 Å². The predicted octanol–water partition coefficient (Wildman–Crippen LogP) is 4.79. The molecule has 1 atom stereocenters. The zero-order valence-electron chi connectivity index (χ0n) is 24.7. The fraction of sp³-hybridized carbons (Fsp3) is 0.303. The summed E-state index contributed by atoms with van der Waals surface area (Å²) in [6.45, 7) is 3.19. The third kappa shape index (κ3) is 6.15. The first-order chi connectivity index (χ1) is 22.0. The van der Waals surface area contributed by atoms with E-state index in [0.717, 1.165) is 64.0 Å². The molecule has 10 nitrogen and oxygen atoms in total. The molecule has 0 saturated carbocycles. The number of rotatable bonds is 5. The topological polar surface area (TPSA) is 136 Å². The van der Waals surface area contributed by atoms with Gasteiger partial charge in [0.1, 0.15) is 17.9 Å². The first-order valence-corrected chi connectivity index (χ1v) is 14.8. The van der Waals surface area contributed by atoms with Crippen molar-refractivity contribution in [2.45, 2.75) is 44.8 Å². The average Bonchev–Trinajstić information content (AvgIpc) is 3.60. The Kier molecular flexibility index (Phi) is 8.45. The zero-order valence-corrected chi connectivity index (χ0v) is 24.7. The summed E-state index contributed by atoms with van der Waals surface area (Å²) in [5.41, 5.74) is 12.6. The van der Waals surface area contributed by atoms with Crippen molar-refractivity contribution in [3.63, 3.8) is 0 Å². The lowest BCUT2D eigenvalue weighted by Crippen LogP contribution is -2.45. The monoisotopic (exact) mass is 635 g/mol. The maximum atomic E-state index is 13.4. The van der Waals surface area contributed by atoms with Gasteiger partial charge in [0, 0.05) is 42.1 Å². The summed E-state index contributed by atoms with van der Waals surface area (Å²) >= 11 is 0. The second-order valence-electron chi connectivity index (χ2n) is 11.4. The van der Waals surface area contributed by atoms with Crippen LogP contribution < -0.4 is 10.5 Å². The Bertz CT molecular complexity index is 1920. The summed E-state index contributed by atoms with van der Waals surface area (Å²) in [7, 11) is 0. The number of alkyl halides is 3. The van der Waals surface area contributed by atoms with Gasteiger partial charge in [0.05, 0.1) is 24.4 Å². The third-order valence-corrected chi connectivity index (χ3v) is 8.20. The van der Waals surface area contributed by atoms with E-state index in [2.05, 4.69) is 51.6 Å². The minimum atomic E-state index is -5.08. The second-order valence-corrected chi connectivity index (χ2v) is 11.4. The van der Waals surface area contributed by atoms with Crippen LogP contribution in [0.2, 0.25) is 0 Å². The lowest BCUT2D eigenvalue weighted by Gasteiger charge is -2.31. The Labute approximate surface area is 261 Å². The molecule has 3 aromatic carbocycles. The molecule has 0 unspecified atom stereocenters. The quantitative estimate of drug-likeness (QED) is 0.253. The molecule has 5 aromatic rings. The van der Waals surface area contributed by atoms with Gasteiger partial charge in [-0.1, -0.05) is 42.5 Å². The van der Waals surface area contributed by atoms with Crippen LogP contribution >= 0.6 is 0 Å². The number of carboxylic acid groups (broad SMARTS) is 1. The van der Waals surface area contributed by atoms with Crippen molar-refractivity contribution >= 4 is 33.8 Å². The molecular formula is C33H32F3N5O5. The number of benzene rings is 3. The van der Waals surface area contributed by atoms with Crippen LogP contribution in [0.15, 0.2) is 66.7 Å². The highest BCUT2D eigenvalue weighted by Gasteiger charge is 2.38. The van der Waals surface area contributed by atoms with E-state index in [-0.39, 0.29) is 18.6 Å². The SMILES string of the molecule is N[C@@H]1CCCN(C(=O)c2cc3c4c(c2)nc(-c2cc5ccccc5n2Cc2ccc(CO)cc2)n4CCO3)C1.O=C(O)C(F)(F)F. The van der Waals surface area contributed by atoms with Crippen molar-refractivity contribution in [1.29, 1.82) is 0 Å². The number of aliphatic hydroxyl groups is 1. The highest BCUT2D eigenvalue weighted by Crippen LogP contribution is 2.37. The van der Waals surface area contributed by atoms with Gasteiger partial charge in [-0.2, -0.15) is 13.2 Å². The van der Waals surface area contributed by atoms with Crippen LogP contribution in [0.1, 0.15) is 34.3 Å². The van der Waals surface area contributed by atoms with E-state index in [0.29, 0.717) is 37.6 Å². The number of carbonyl (C=O) groups excluding carboxylic acids is 1. The van der Waals surface area contributed by atoms with Gasteiger partial charge in [-0.3, -0.25) is 4.79 Å². The van der Waals surface area contributed by atoms with Crippen LogP contribution in [-0.4, -0.2) is 73.0 Å². The molecule has 2 aliphatic heterocycles. The lowest BCUT2D eigenvalue weighted by molar-refractivity contribution is -0.192. The molecule has 1 fully saturated rings. The predicted molar refractivity (Wildman–Crippen MR) is 164 cm³/mol. The molecule has 0 bridgehead atoms. The third-order valence-electron chi connectivity index (χ3n) is 8.20. The van der Waals surface area contributed by atoms with Crippen LogP contribution in [0.3, 0.4) is 0 Å². The van der Waals surface area contributed by atoms with Crippen molar-refractivity contribution in [2.24, 2.45) is 5.73 Å². The average molecular weight is 636 g/mol. The Balaban J connectivity index is 0.000000480. The minimum Gasteiger partial charge on any atom is -0.489 e. The normalized spacial score (nSPS) is 16.2. The van der Waals surface area contributed by atoms with Gasteiger partial charge in [-0.05, 0) is 48.2 Å². The summed E-state index contributed by atoms with van der Waals surface area (Å²) in [6, 6.07) is 22.4. The molecule has 4 heterocycles. The standard InChI is InChI=1S/C31H31N5O3.C2HF3O2/c32-24-5-3-11-34(18-24)31(38)23-14-25-29-28(16-23)39-13-12-35(29)30(33-25)27-15-22-4-1-2-6-26(22)36(27)17-20-7-9-21(19-37)10-8-20;3-2(4,5)1(6)7/h1-2,4,6-10,14-16,24,37H,3,5,11-13,17-19,32H2;(H,6,7)/t24-;/m1./s1. The Hall–Kier alpha value is -4.88. The highest BCUT2D eigenvalue weighted by molar-refractivity contribution is 6.00. The maximum absolute atomic E-state index is 13.4. The summed E-state index contributed by atoms with van der Waals surface area (Å²) in [5.74, 6) is -1.21. The van der Waals surface area contributed by atoms with Crippen molar-refractivity contribution in [2.75, 3.05) is 19.7 Å². The van der Waals surface area contributed by atoms with Crippen molar-refractivity contribution in [3.05, 3.63) is 83.4 Å². The molecule has 7 rings (SSSR count). The fourth-order valence-electron chi connectivity index (χ4n) is 6.00. The number of fused-ring (bicyclic) bond motifs is 1. The smallest absolute Gasteiger partial charge is 0.489 e. The van der Waals surface area contributed by atoms with E-state index in [1.807, 2.05) is 29.2 Å². The number of ether oxygens (including phenoxy) is 1. The number of piperidine rings is 1. The minimum absolute atomic E-state index is 0.0194. The number of nitrogens with two attached hydrogens (primary N) is 1. The first-order valence-electron chi connectivity index (χ1n) is 14.8. The van der Waals surface area contributed by atoms with Crippen LogP contribution in [-0.2, 0) is 24.5 Å². The molecule has 0 spiro atoms. The van der Waals surface area contributed by atoms with Crippen LogP contribution in [0.5, 0.6) is 5.75 Å². The molecule has 1 saturated heterocycles. The van der Waals surface area contributed by atoms with Gasteiger partial charge in [-0.25, -0.2) is 9.78 Å². The number of likely N-dealkylation sites (tertiary alicyclic amines) is 1. The molecule has 1 amide bonds. The number of hydrogen-bond donors (Lipinski definition) is 3. The molecule has 13 heteroatoms. The van der Waals surface area contributed by atoms with Gasteiger partial charge >= 0.3 is 12.1 Å². The van der Waals surface area contributed by atoms with Gasteiger partial charge < -0.3 is 34.7 Å². The van der Waals surface area contributed by atoms with E-state index in [4.69, 9.17) is 25.4 Å². The van der Waals surface area contributed by atoms with E-state index >= 15 is 0 Å². The summed E-state index contributed by atoms with van der Waals surface area (Å²) < 4.78 is 42.3. The number of imidazole rings is 1. The van der Waals surface area contributed by atoms with Gasteiger partial charge in [0.25, 0.3) is 5.91 Å². The summed E-state index contributed by atoms with van der Waals surface area (Å²) in [4.78, 5) is 29.3. The maximum Gasteiger partial charge on any atom is 0.490 e. The number of amides is 1. The number of carbonyl (C=O) groups is 2. The largest absolute Gasteiger partial charge is 0.490 e. The lowest BCUT2D eigenvalue weighted by atomic mass is 10.0. The molecule has 46 heavy (non-hydrogen) atoms. The van der Waals surface area contributed by atoms with Crippen molar-refractivity contribution in [1.82, 2.24) is 19.0 Å². The Morgan fingerprint density at radius 3 is 2.43 bits per heavy atom. The number of aromatic nitrogens is 3. The summed E-state index contributed by atoms with van der Waals surface area (Å²) in [5, 5.41) is 17.7. The van der Waals surface area contributed by atoms with Gasteiger partial charge in [0.15, 0.2) is 5.82 Å². The molecule has 4 N–H and O–H groups in total. The zero-order chi connectivity index (χ0) is 32.6. The number of hydrogen-bond acceptors (Lipinski definition) is 6. The van der Waals surface area contributed by atoms with Crippen LogP contribution in [0.25, 0.3) is 33.5 Å². The highest BCUT2D eigenvalue weighted by atomic mass is 19.4. The molecular weight excluding hydrogens is 603 g/mol. The molecule has 0 aliphatic carbocycles. The molecule has 240 valence electrons. The number of aliphatic carboxylic acids is 1. The summed E-state index contributed by atoms with van der Waals surface area (Å²) in [6.07, 6.45) is -3.21. The Morgan fingerprint density at radius 2 is 1.74 bits per heavy atom. The number of nitrogens with zero attached hydrogens (tertiary/aromatic N) is 4. The van der Waals surface area contributed by atoms with Gasteiger partial charge in [0.2, 0.25) is 0 Å². The second kappa shape index (κ2) is 12.5. The number of halogens is 3. The van der Waals surface area contributed by atoms with E-state index in [1.165, 1.54) is 0 Å². The number of para-hydroxylation sites is 1. The number of carboxylic acids is 1. The van der Waals surface area contributed by atoms with E-state index < -0.39 is 12.1 Å².